The van der Waals surface area contributed by atoms with Crippen LogP contribution in [0, 0.1) is 0 Å². The highest BCUT2D eigenvalue weighted by atomic mass is 31.2. The molecule has 0 aliphatic carbocycles. The Morgan fingerprint density at radius 3 is 2.07 bits per heavy atom. The fourth-order valence-corrected chi connectivity index (χ4v) is 2.59. The van der Waals surface area contributed by atoms with E-state index in [2.05, 4.69) is 0 Å². The normalized spacial score (nSPS) is 18.9. The van der Waals surface area contributed by atoms with Gasteiger partial charge < -0.3 is 15.1 Å². The molecule has 0 radical (unpaired) electrons. The number of rotatable bonds is 6. The molecule has 2 atom stereocenters. The predicted octanol–water partition coefficient (Wildman–Crippen LogP) is 0.985. The molecule has 0 bridgehead atoms. The molecule has 0 fully saturated rings. The van der Waals surface area contributed by atoms with Gasteiger partial charge in [0, 0.05) is 12.6 Å². The van der Waals surface area contributed by atoms with E-state index in [1.165, 1.54) is 6.92 Å². The Morgan fingerprint density at radius 1 is 1.33 bits per heavy atom. The van der Waals surface area contributed by atoms with Crippen molar-refractivity contribution >= 4 is 19.3 Å². The average Bonchev–Trinajstić information content (AvgIpc) is 2.13. The predicted molar refractivity (Wildman–Crippen MR) is 53.3 cm³/mol. The fraction of sp³-hybridized carbons (Fsp3) is 0.750. The van der Waals surface area contributed by atoms with E-state index in [0.717, 1.165) is 6.92 Å². The standard InChI is InChI=1S/C8H15O6P/c1-3-15(13,14)8(2,7(11)12)5-4-6(9)10/h3-5H2,1-2H3,(H,9,10)(H,11,12)(H,13,14). The third kappa shape index (κ3) is 3.04. The number of carboxylic acid groups (broad SMARTS) is 2. The summed E-state index contributed by atoms with van der Waals surface area (Å²) < 4.78 is 11.6. The van der Waals surface area contributed by atoms with Crippen molar-refractivity contribution in [3.8, 4) is 0 Å². The van der Waals surface area contributed by atoms with E-state index in [1.807, 2.05) is 0 Å². The number of hydrogen-bond acceptors (Lipinski definition) is 3. The smallest absolute Gasteiger partial charge is 0.319 e. The van der Waals surface area contributed by atoms with Crippen LogP contribution in [0.15, 0.2) is 0 Å². The Bertz CT molecular complexity index is 312. The largest absolute Gasteiger partial charge is 0.481 e. The van der Waals surface area contributed by atoms with Crippen molar-refractivity contribution in [1.82, 2.24) is 0 Å². The number of aliphatic carboxylic acids is 2. The maximum Gasteiger partial charge on any atom is 0.319 e. The molecule has 88 valence electrons. The van der Waals surface area contributed by atoms with Crippen molar-refractivity contribution in [2.45, 2.75) is 31.8 Å². The molecule has 0 rings (SSSR count). The van der Waals surface area contributed by atoms with E-state index in [0.29, 0.717) is 0 Å². The van der Waals surface area contributed by atoms with E-state index < -0.39 is 30.9 Å². The molecule has 0 heterocycles. The van der Waals surface area contributed by atoms with Crippen LogP contribution in [0.3, 0.4) is 0 Å². The molecule has 0 saturated heterocycles. The lowest BCUT2D eigenvalue weighted by Crippen LogP contribution is -2.36. The summed E-state index contributed by atoms with van der Waals surface area (Å²) in [6.45, 7) is 2.52. The average molecular weight is 238 g/mol. The van der Waals surface area contributed by atoms with Gasteiger partial charge in [-0.15, -0.1) is 0 Å². The first kappa shape index (κ1) is 14.1. The van der Waals surface area contributed by atoms with Gasteiger partial charge in [-0.25, -0.2) is 0 Å². The van der Waals surface area contributed by atoms with Gasteiger partial charge in [0.25, 0.3) is 0 Å². The van der Waals surface area contributed by atoms with E-state index in [9.17, 15) is 19.0 Å². The highest BCUT2D eigenvalue weighted by Gasteiger charge is 2.48. The maximum absolute atomic E-state index is 11.6. The summed E-state index contributed by atoms with van der Waals surface area (Å²) in [5.41, 5.74) is 0. The molecule has 0 amide bonds. The zero-order valence-electron chi connectivity index (χ0n) is 8.63. The molecule has 0 aliphatic rings. The molecule has 6 nitrogen and oxygen atoms in total. The molecule has 7 heteroatoms. The molecular weight excluding hydrogens is 223 g/mol. The molecule has 0 aromatic heterocycles. The molecule has 0 spiro atoms. The lowest BCUT2D eigenvalue weighted by atomic mass is 10.1. The van der Waals surface area contributed by atoms with Gasteiger partial charge in [0.2, 0.25) is 7.37 Å². The Morgan fingerprint density at radius 2 is 1.80 bits per heavy atom. The van der Waals surface area contributed by atoms with Gasteiger partial charge in [-0.1, -0.05) is 6.92 Å². The summed E-state index contributed by atoms with van der Waals surface area (Å²) in [5, 5.41) is 15.4. The second kappa shape index (κ2) is 4.77. The quantitative estimate of drug-likeness (QED) is 0.595. The lowest BCUT2D eigenvalue weighted by molar-refractivity contribution is -0.141. The van der Waals surface area contributed by atoms with Gasteiger partial charge >= 0.3 is 11.9 Å². The van der Waals surface area contributed by atoms with Gasteiger partial charge in [0.1, 0.15) is 5.16 Å². The summed E-state index contributed by atoms with van der Waals surface area (Å²) in [6.07, 6.45) is -0.970. The number of hydrogen-bond donors (Lipinski definition) is 3. The Hall–Kier alpha value is -0.870. The number of carboxylic acids is 2. The van der Waals surface area contributed by atoms with Crippen LogP contribution >= 0.6 is 7.37 Å². The minimum Gasteiger partial charge on any atom is -0.481 e. The van der Waals surface area contributed by atoms with Crippen LogP contribution < -0.4 is 0 Å². The molecule has 0 aromatic carbocycles. The molecule has 15 heavy (non-hydrogen) atoms. The zero-order valence-corrected chi connectivity index (χ0v) is 9.53. The van der Waals surface area contributed by atoms with Crippen LogP contribution in [-0.2, 0) is 14.2 Å². The number of carbonyl (C=O) groups is 2. The summed E-state index contributed by atoms with van der Waals surface area (Å²) in [4.78, 5) is 30.7. The monoisotopic (exact) mass is 238 g/mol. The van der Waals surface area contributed by atoms with Gasteiger partial charge in [0.05, 0.1) is 0 Å². The van der Waals surface area contributed by atoms with Crippen LogP contribution in [-0.4, -0.2) is 38.4 Å². The van der Waals surface area contributed by atoms with Gasteiger partial charge in [0.15, 0.2) is 0 Å². The maximum atomic E-state index is 11.6. The van der Waals surface area contributed by atoms with E-state index in [-0.39, 0.29) is 12.6 Å². The first-order chi connectivity index (χ1) is 6.67. The summed E-state index contributed by atoms with van der Waals surface area (Å²) >= 11 is 0. The molecule has 2 unspecified atom stereocenters. The molecular formula is C8H15O6P. The van der Waals surface area contributed by atoms with Gasteiger partial charge in [-0.3, -0.25) is 14.2 Å². The molecule has 0 aromatic rings. The van der Waals surface area contributed by atoms with Crippen LogP contribution in [0.4, 0.5) is 0 Å². The lowest BCUT2D eigenvalue weighted by Gasteiger charge is -2.28. The van der Waals surface area contributed by atoms with Crippen molar-refractivity contribution in [2.24, 2.45) is 0 Å². The zero-order chi connectivity index (χ0) is 12.3. The Balaban J connectivity index is 4.99. The van der Waals surface area contributed by atoms with Crippen molar-refractivity contribution in [3.63, 3.8) is 0 Å². The van der Waals surface area contributed by atoms with E-state index in [1.54, 1.807) is 0 Å². The van der Waals surface area contributed by atoms with Crippen molar-refractivity contribution in [2.75, 3.05) is 6.16 Å². The second-order valence-corrected chi connectivity index (χ2v) is 6.51. The minimum absolute atomic E-state index is 0.185. The minimum atomic E-state index is -3.87. The van der Waals surface area contributed by atoms with E-state index in [4.69, 9.17) is 10.2 Å². The molecule has 0 saturated carbocycles. The highest BCUT2D eigenvalue weighted by Crippen LogP contribution is 2.56. The third-order valence-corrected chi connectivity index (χ3v) is 5.30. The Labute approximate surface area is 87.4 Å². The fourth-order valence-electron chi connectivity index (χ4n) is 1.13. The molecule has 3 N–H and O–H groups in total. The van der Waals surface area contributed by atoms with Crippen molar-refractivity contribution in [1.29, 1.82) is 0 Å². The highest BCUT2D eigenvalue weighted by molar-refractivity contribution is 7.60. The van der Waals surface area contributed by atoms with Crippen molar-refractivity contribution < 1.29 is 29.3 Å². The first-order valence-corrected chi connectivity index (χ1v) is 6.29. The molecule has 0 aliphatic heterocycles. The van der Waals surface area contributed by atoms with Crippen LogP contribution in [0.25, 0.3) is 0 Å². The second-order valence-electron chi connectivity index (χ2n) is 3.49. The summed E-state index contributed by atoms with van der Waals surface area (Å²) in [5.74, 6) is -2.62. The summed E-state index contributed by atoms with van der Waals surface area (Å²) in [7, 11) is -3.87. The van der Waals surface area contributed by atoms with Crippen molar-refractivity contribution in [3.05, 3.63) is 0 Å². The van der Waals surface area contributed by atoms with Crippen LogP contribution in [0.2, 0.25) is 0 Å². The van der Waals surface area contributed by atoms with Gasteiger partial charge in [-0.05, 0) is 13.3 Å². The SMILES string of the molecule is CCP(=O)(O)C(C)(CCC(=O)O)C(=O)O. The topological polar surface area (TPSA) is 112 Å². The van der Waals surface area contributed by atoms with E-state index >= 15 is 0 Å². The third-order valence-electron chi connectivity index (χ3n) is 2.49. The van der Waals surface area contributed by atoms with Crippen LogP contribution in [0.5, 0.6) is 0 Å². The first-order valence-electron chi connectivity index (χ1n) is 4.44. The van der Waals surface area contributed by atoms with Crippen LogP contribution in [0.1, 0.15) is 26.7 Å². The Kier molecular flexibility index (Phi) is 4.49. The van der Waals surface area contributed by atoms with Gasteiger partial charge in [-0.2, -0.15) is 0 Å². The summed E-state index contributed by atoms with van der Waals surface area (Å²) in [6, 6.07) is 0.